The lowest BCUT2D eigenvalue weighted by molar-refractivity contribution is 0.0383. The van der Waals surface area contributed by atoms with E-state index in [0.29, 0.717) is 5.89 Å². The first-order valence-electron chi connectivity index (χ1n) is 3.96. The highest BCUT2D eigenvalue weighted by Gasteiger charge is 2.27. The van der Waals surface area contributed by atoms with Gasteiger partial charge in [0.05, 0.1) is 6.10 Å². The van der Waals surface area contributed by atoms with E-state index in [4.69, 9.17) is 9.15 Å². The fourth-order valence-corrected chi connectivity index (χ4v) is 1.36. The maximum absolute atomic E-state index is 10.6. The molecule has 2 atom stereocenters. The zero-order chi connectivity index (χ0) is 8.55. The van der Waals surface area contributed by atoms with Crippen LogP contribution in [0, 0.1) is 0 Å². The van der Waals surface area contributed by atoms with E-state index in [1.165, 1.54) is 0 Å². The van der Waals surface area contributed by atoms with Crippen LogP contribution in [-0.2, 0) is 4.74 Å². The van der Waals surface area contributed by atoms with E-state index in [9.17, 15) is 4.79 Å². The van der Waals surface area contributed by atoms with Gasteiger partial charge in [-0.05, 0) is 19.8 Å². The van der Waals surface area contributed by atoms with Crippen molar-refractivity contribution >= 4 is 0 Å². The number of rotatable bonds is 1. The van der Waals surface area contributed by atoms with Crippen molar-refractivity contribution in [3.63, 3.8) is 0 Å². The van der Waals surface area contributed by atoms with Gasteiger partial charge in [0.1, 0.15) is 6.10 Å². The van der Waals surface area contributed by atoms with Gasteiger partial charge in [0, 0.05) is 0 Å². The SMILES string of the molecule is CC1CCC(c2n[nH]c(=O)o2)O1. The standard InChI is InChI=1S/C7H10N2O3/c1-4-2-3-5(11-4)6-8-9-7(10)12-6/h4-5H,2-3H2,1H3,(H,9,10). The summed E-state index contributed by atoms with van der Waals surface area (Å²) < 4.78 is 10.2. The van der Waals surface area contributed by atoms with Gasteiger partial charge in [-0.1, -0.05) is 0 Å². The van der Waals surface area contributed by atoms with Crippen molar-refractivity contribution in [2.75, 3.05) is 0 Å². The summed E-state index contributed by atoms with van der Waals surface area (Å²) in [5.74, 6) is -0.155. The Morgan fingerprint density at radius 3 is 2.92 bits per heavy atom. The third kappa shape index (κ3) is 1.27. The van der Waals surface area contributed by atoms with E-state index in [-0.39, 0.29) is 12.2 Å². The topological polar surface area (TPSA) is 68.1 Å². The van der Waals surface area contributed by atoms with Crippen molar-refractivity contribution in [3.8, 4) is 0 Å². The number of aromatic nitrogens is 2. The van der Waals surface area contributed by atoms with Crippen LogP contribution in [0.1, 0.15) is 31.8 Å². The Morgan fingerprint density at radius 2 is 2.42 bits per heavy atom. The van der Waals surface area contributed by atoms with Crippen LogP contribution in [0.3, 0.4) is 0 Å². The number of hydrogen-bond acceptors (Lipinski definition) is 4. The first kappa shape index (κ1) is 7.54. The first-order valence-corrected chi connectivity index (χ1v) is 3.96. The number of H-pyrrole nitrogens is 1. The van der Waals surface area contributed by atoms with Crippen molar-refractivity contribution in [2.24, 2.45) is 0 Å². The second-order valence-electron chi connectivity index (χ2n) is 2.96. The molecule has 2 rings (SSSR count). The third-order valence-corrected chi connectivity index (χ3v) is 1.96. The molecule has 1 N–H and O–H groups in total. The minimum Gasteiger partial charge on any atom is -0.390 e. The molecule has 1 aliphatic heterocycles. The third-order valence-electron chi connectivity index (χ3n) is 1.96. The molecule has 0 bridgehead atoms. The van der Waals surface area contributed by atoms with Gasteiger partial charge in [0.25, 0.3) is 0 Å². The molecule has 2 heterocycles. The van der Waals surface area contributed by atoms with Crippen LogP contribution in [0.5, 0.6) is 0 Å². The van der Waals surface area contributed by atoms with Crippen LogP contribution < -0.4 is 5.76 Å². The van der Waals surface area contributed by atoms with E-state index < -0.39 is 5.76 Å². The Bertz CT molecular complexity index is 316. The lowest BCUT2D eigenvalue weighted by Gasteiger charge is -2.04. The van der Waals surface area contributed by atoms with Crippen LogP contribution in [0.25, 0.3) is 0 Å². The largest absolute Gasteiger partial charge is 0.434 e. The molecule has 1 fully saturated rings. The van der Waals surface area contributed by atoms with Crippen molar-refractivity contribution in [2.45, 2.75) is 32.0 Å². The molecule has 1 aromatic rings. The van der Waals surface area contributed by atoms with Crippen molar-refractivity contribution in [1.82, 2.24) is 10.2 Å². The predicted molar refractivity (Wildman–Crippen MR) is 39.6 cm³/mol. The van der Waals surface area contributed by atoms with Crippen molar-refractivity contribution in [1.29, 1.82) is 0 Å². The van der Waals surface area contributed by atoms with E-state index >= 15 is 0 Å². The van der Waals surface area contributed by atoms with E-state index in [1.54, 1.807) is 0 Å². The average Bonchev–Trinajstić information content (AvgIpc) is 2.58. The Labute approximate surface area is 68.7 Å². The second kappa shape index (κ2) is 2.75. The molecular weight excluding hydrogens is 160 g/mol. The summed E-state index contributed by atoms with van der Waals surface area (Å²) in [6.07, 6.45) is 1.95. The molecule has 0 radical (unpaired) electrons. The van der Waals surface area contributed by atoms with Gasteiger partial charge in [-0.3, -0.25) is 0 Å². The Balaban J connectivity index is 2.16. The summed E-state index contributed by atoms with van der Waals surface area (Å²) in [6.45, 7) is 1.99. The maximum atomic E-state index is 10.6. The maximum Gasteiger partial charge on any atom is 0.434 e. The van der Waals surface area contributed by atoms with Gasteiger partial charge in [-0.15, -0.1) is 5.10 Å². The minimum atomic E-state index is -0.520. The highest BCUT2D eigenvalue weighted by molar-refractivity contribution is 4.86. The van der Waals surface area contributed by atoms with Crippen molar-refractivity contribution in [3.05, 3.63) is 16.4 Å². The van der Waals surface area contributed by atoms with Gasteiger partial charge in [0.15, 0.2) is 0 Å². The molecule has 2 unspecified atom stereocenters. The number of hydrogen-bond donors (Lipinski definition) is 1. The Hall–Kier alpha value is -1.10. The molecule has 5 heteroatoms. The van der Waals surface area contributed by atoms with E-state index in [0.717, 1.165) is 12.8 Å². The van der Waals surface area contributed by atoms with Crippen LogP contribution in [0.4, 0.5) is 0 Å². The molecule has 0 amide bonds. The monoisotopic (exact) mass is 170 g/mol. The van der Waals surface area contributed by atoms with Gasteiger partial charge in [-0.2, -0.15) is 0 Å². The predicted octanol–water partition coefficient (Wildman–Crippen LogP) is 0.603. The minimum absolute atomic E-state index is 0.140. The van der Waals surface area contributed by atoms with Gasteiger partial charge in [-0.25, -0.2) is 9.89 Å². The smallest absolute Gasteiger partial charge is 0.390 e. The van der Waals surface area contributed by atoms with Gasteiger partial charge in [0.2, 0.25) is 5.89 Å². The van der Waals surface area contributed by atoms with Gasteiger partial charge >= 0.3 is 5.76 Å². The summed E-state index contributed by atoms with van der Waals surface area (Å²) in [4.78, 5) is 10.6. The average molecular weight is 170 g/mol. The lowest BCUT2D eigenvalue weighted by atomic mass is 10.2. The zero-order valence-electron chi connectivity index (χ0n) is 6.74. The Kier molecular flexibility index (Phi) is 1.73. The summed E-state index contributed by atoms with van der Waals surface area (Å²) >= 11 is 0. The van der Waals surface area contributed by atoms with E-state index in [2.05, 4.69) is 10.2 Å². The first-order chi connectivity index (χ1) is 5.75. The molecule has 0 saturated carbocycles. The number of aromatic amines is 1. The fourth-order valence-electron chi connectivity index (χ4n) is 1.36. The van der Waals surface area contributed by atoms with Crippen LogP contribution in [-0.4, -0.2) is 16.3 Å². The fraction of sp³-hybridized carbons (Fsp3) is 0.714. The highest BCUT2D eigenvalue weighted by atomic mass is 16.5. The van der Waals surface area contributed by atoms with Crippen LogP contribution in [0.15, 0.2) is 9.21 Å². The van der Waals surface area contributed by atoms with Crippen molar-refractivity contribution < 1.29 is 9.15 Å². The molecular formula is C7H10N2O3. The summed E-state index contributed by atoms with van der Waals surface area (Å²) in [6, 6.07) is 0. The molecule has 66 valence electrons. The zero-order valence-corrected chi connectivity index (χ0v) is 6.74. The summed E-state index contributed by atoms with van der Waals surface area (Å²) in [5, 5.41) is 5.91. The molecule has 0 aliphatic carbocycles. The summed E-state index contributed by atoms with van der Waals surface area (Å²) in [7, 11) is 0. The van der Waals surface area contributed by atoms with Crippen LogP contribution >= 0.6 is 0 Å². The number of nitrogens with zero attached hydrogens (tertiary/aromatic N) is 1. The molecule has 0 spiro atoms. The molecule has 5 nitrogen and oxygen atoms in total. The number of nitrogens with one attached hydrogen (secondary N) is 1. The quantitative estimate of drug-likeness (QED) is 0.670. The summed E-state index contributed by atoms with van der Waals surface area (Å²) in [5.41, 5.74) is 0. The van der Waals surface area contributed by atoms with E-state index in [1.807, 2.05) is 6.92 Å². The second-order valence-corrected chi connectivity index (χ2v) is 2.96. The molecule has 0 aromatic carbocycles. The van der Waals surface area contributed by atoms with Gasteiger partial charge < -0.3 is 9.15 Å². The number of ether oxygens (including phenoxy) is 1. The Morgan fingerprint density at radius 1 is 1.58 bits per heavy atom. The highest BCUT2D eigenvalue weighted by Crippen LogP contribution is 2.30. The molecule has 1 aliphatic rings. The lowest BCUT2D eigenvalue weighted by Crippen LogP contribution is -2.01. The normalized spacial score (nSPS) is 29.4. The molecule has 12 heavy (non-hydrogen) atoms. The molecule has 1 aromatic heterocycles. The van der Waals surface area contributed by atoms with Crippen LogP contribution in [0.2, 0.25) is 0 Å². The molecule has 1 saturated heterocycles.